The average Bonchev–Trinajstić information content (AvgIpc) is 3.36. The summed E-state index contributed by atoms with van der Waals surface area (Å²) in [7, 11) is 3.19. The normalized spacial score (nSPS) is 12.2. The van der Waals surface area contributed by atoms with Crippen molar-refractivity contribution in [2.24, 2.45) is 7.05 Å². The molecule has 2 heterocycles. The number of nitrogens with zero attached hydrogens (tertiary/aromatic N) is 3. The molecule has 0 bridgehead atoms. The molecule has 2 aromatic carbocycles. The molecule has 4 aromatic rings. The summed E-state index contributed by atoms with van der Waals surface area (Å²) in [4.78, 5) is 25.1. The summed E-state index contributed by atoms with van der Waals surface area (Å²) in [5.41, 5.74) is 2.12. The first-order chi connectivity index (χ1) is 15.0. The number of carbonyl (C=O) groups is 1. The molecule has 0 atom stereocenters. The third kappa shape index (κ3) is 4.49. The second-order valence-corrected chi connectivity index (χ2v) is 7.76. The summed E-state index contributed by atoms with van der Waals surface area (Å²) in [5.74, 6) is 0.221. The van der Waals surface area contributed by atoms with Gasteiger partial charge in [0.05, 0.1) is 29.2 Å². The van der Waals surface area contributed by atoms with Gasteiger partial charge >= 0.3 is 0 Å². The van der Waals surface area contributed by atoms with Crippen molar-refractivity contribution in [2.75, 3.05) is 12.4 Å². The topological polar surface area (TPSA) is 78.2 Å². The molecule has 1 amide bonds. The summed E-state index contributed by atoms with van der Waals surface area (Å²) in [5, 5.41) is 7.14. The van der Waals surface area contributed by atoms with Crippen LogP contribution in [0.2, 0.25) is 0 Å². The molecule has 8 heteroatoms. The molecule has 0 saturated carbocycles. The van der Waals surface area contributed by atoms with Gasteiger partial charge in [-0.15, -0.1) is 11.3 Å². The predicted molar refractivity (Wildman–Crippen MR) is 122 cm³/mol. The highest BCUT2D eigenvalue weighted by molar-refractivity contribution is 7.07. The van der Waals surface area contributed by atoms with Crippen molar-refractivity contribution >= 4 is 35.1 Å². The zero-order valence-electron chi connectivity index (χ0n) is 17.0. The molecule has 0 aliphatic rings. The monoisotopic (exact) mass is 432 g/mol. The van der Waals surface area contributed by atoms with Crippen molar-refractivity contribution in [3.05, 3.63) is 92.1 Å². The van der Waals surface area contributed by atoms with Crippen LogP contribution < -0.4 is 24.8 Å². The van der Waals surface area contributed by atoms with E-state index in [1.807, 2.05) is 48.7 Å². The first-order valence-electron chi connectivity index (χ1n) is 9.48. The molecule has 0 aliphatic carbocycles. The maximum absolute atomic E-state index is 12.7. The molecule has 0 radical (unpaired) electrons. The van der Waals surface area contributed by atoms with Crippen LogP contribution in [0.1, 0.15) is 5.56 Å². The Balaban J connectivity index is 1.63. The predicted octanol–water partition coefficient (Wildman–Crippen LogP) is 1.89. The number of nitrogens with one attached hydrogen (secondary N) is 1. The molecule has 7 nitrogen and oxygen atoms in total. The maximum Gasteiger partial charge on any atom is 0.268 e. The molecule has 31 heavy (non-hydrogen) atoms. The van der Waals surface area contributed by atoms with Crippen LogP contribution in [0.15, 0.2) is 71.8 Å². The number of carbonyl (C=O) groups excluding carboxylic acids is 1. The van der Waals surface area contributed by atoms with Gasteiger partial charge < -0.3 is 14.6 Å². The minimum absolute atomic E-state index is 0.172. The van der Waals surface area contributed by atoms with Gasteiger partial charge in [-0.3, -0.25) is 9.59 Å². The quantitative estimate of drug-likeness (QED) is 0.523. The summed E-state index contributed by atoms with van der Waals surface area (Å²) < 4.78 is 9.52. The SMILES string of the molecule is COc1ccccc1NC(=O)C=c1sc(=Cc2cnn(-c3ccccc3)c2)c(=O)n1C. The van der Waals surface area contributed by atoms with Gasteiger partial charge in [0.2, 0.25) is 0 Å². The molecule has 2 aromatic heterocycles. The number of thiazole rings is 1. The number of anilines is 1. The number of hydrogen-bond acceptors (Lipinski definition) is 5. The second-order valence-electron chi connectivity index (χ2n) is 6.70. The number of hydrogen-bond donors (Lipinski definition) is 1. The lowest BCUT2D eigenvalue weighted by Crippen LogP contribution is -2.29. The van der Waals surface area contributed by atoms with Gasteiger partial charge in [-0.1, -0.05) is 30.3 Å². The Labute approximate surface area is 182 Å². The van der Waals surface area contributed by atoms with Gasteiger partial charge in [0.25, 0.3) is 11.5 Å². The summed E-state index contributed by atoms with van der Waals surface area (Å²) in [6.07, 6.45) is 6.73. The highest BCUT2D eigenvalue weighted by atomic mass is 32.1. The van der Waals surface area contributed by atoms with Gasteiger partial charge in [-0.05, 0) is 30.3 Å². The lowest BCUT2D eigenvalue weighted by molar-refractivity contribution is -0.110. The van der Waals surface area contributed by atoms with E-state index in [0.717, 1.165) is 11.3 Å². The fraction of sp³-hybridized carbons (Fsp3) is 0.0870. The number of amides is 1. The zero-order chi connectivity index (χ0) is 21.8. The van der Waals surface area contributed by atoms with E-state index < -0.39 is 0 Å². The molecular formula is C23H20N4O3S. The van der Waals surface area contributed by atoms with E-state index in [9.17, 15) is 9.59 Å². The Kier molecular flexibility index (Phi) is 5.81. The third-order valence-electron chi connectivity index (χ3n) is 4.60. The van der Waals surface area contributed by atoms with Gasteiger partial charge in [0, 0.05) is 24.9 Å². The Bertz CT molecular complexity index is 1400. The first kappa shape index (κ1) is 20.4. The second kappa shape index (κ2) is 8.85. The van der Waals surface area contributed by atoms with E-state index in [-0.39, 0.29) is 11.5 Å². The Morgan fingerprint density at radius 3 is 2.65 bits per heavy atom. The molecule has 0 aliphatic heterocycles. The largest absolute Gasteiger partial charge is 0.495 e. The van der Waals surface area contributed by atoms with Crippen molar-refractivity contribution < 1.29 is 9.53 Å². The number of para-hydroxylation sites is 3. The van der Waals surface area contributed by atoms with Gasteiger partial charge in [0.1, 0.15) is 10.4 Å². The molecular weight excluding hydrogens is 412 g/mol. The molecule has 0 spiro atoms. The molecule has 1 N–H and O–H groups in total. The molecule has 0 saturated heterocycles. The maximum atomic E-state index is 12.7. The molecule has 0 unspecified atom stereocenters. The number of ether oxygens (including phenoxy) is 1. The standard InChI is InChI=1S/C23H20N4O3S/c1-26-22(13-21(28)25-18-10-6-7-11-19(18)30-2)31-20(23(26)29)12-16-14-24-27(15-16)17-8-4-3-5-9-17/h3-15H,1-2H3,(H,25,28). The van der Waals surface area contributed by atoms with E-state index in [2.05, 4.69) is 10.4 Å². The minimum Gasteiger partial charge on any atom is -0.495 e. The number of aromatic nitrogens is 3. The molecule has 156 valence electrons. The van der Waals surface area contributed by atoms with E-state index in [0.29, 0.717) is 20.6 Å². The lowest BCUT2D eigenvalue weighted by atomic mass is 10.3. The average molecular weight is 433 g/mol. The number of rotatable bonds is 5. The Morgan fingerprint density at radius 1 is 1.13 bits per heavy atom. The zero-order valence-corrected chi connectivity index (χ0v) is 17.8. The van der Waals surface area contributed by atoms with Crippen LogP contribution >= 0.6 is 11.3 Å². The number of methoxy groups -OCH3 is 1. The van der Waals surface area contributed by atoms with Crippen molar-refractivity contribution in [1.29, 1.82) is 0 Å². The van der Waals surface area contributed by atoms with Crippen LogP contribution in [-0.2, 0) is 11.8 Å². The van der Waals surface area contributed by atoms with Gasteiger partial charge in [-0.25, -0.2) is 4.68 Å². The summed E-state index contributed by atoms with van der Waals surface area (Å²) in [6.45, 7) is 0. The van der Waals surface area contributed by atoms with Crippen molar-refractivity contribution in [3.8, 4) is 11.4 Å². The van der Waals surface area contributed by atoms with Crippen LogP contribution in [0.5, 0.6) is 5.75 Å². The number of benzene rings is 2. The van der Waals surface area contributed by atoms with Crippen LogP contribution in [0, 0.1) is 0 Å². The highest BCUT2D eigenvalue weighted by Gasteiger charge is 2.07. The fourth-order valence-electron chi connectivity index (χ4n) is 3.02. The van der Waals surface area contributed by atoms with Crippen molar-refractivity contribution in [2.45, 2.75) is 0 Å². The Morgan fingerprint density at radius 2 is 1.87 bits per heavy atom. The van der Waals surface area contributed by atoms with Crippen molar-refractivity contribution in [3.63, 3.8) is 0 Å². The van der Waals surface area contributed by atoms with E-state index in [4.69, 9.17) is 4.74 Å². The fourth-order valence-corrected chi connectivity index (χ4v) is 4.05. The van der Waals surface area contributed by atoms with Crippen LogP contribution in [0.25, 0.3) is 17.8 Å². The first-order valence-corrected chi connectivity index (χ1v) is 10.3. The van der Waals surface area contributed by atoms with Crippen LogP contribution in [-0.4, -0.2) is 27.4 Å². The summed E-state index contributed by atoms with van der Waals surface area (Å²) in [6, 6.07) is 16.9. The van der Waals surface area contributed by atoms with Crippen molar-refractivity contribution in [1.82, 2.24) is 14.3 Å². The third-order valence-corrected chi connectivity index (χ3v) is 5.71. The van der Waals surface area contributed by atoms with E-state index in [1.54, 1.807) is 43.2 Å². The van der Waals surface area contributed by atoms with Gasteiger partial charge in [0.15, 0.2) is 0 Å². The smallest absolute Gasteiger partial charge is 0.268 e. The van der Waals surface area contributed by atoms with E-state index >= 15 is 0 Å². The minimum atomic E-state index is -0.343. The molecule has 0 fully saturated rings. The van der Waals surface area contributed by atoms with Crippen LogP contribution in [0.3, 0.4) is 0 Å². The molecule has 4 rings (SSSR count). The summed E-state index contributed by atoms with van der Waals surface area (Å²) >= 11 is 1.25. The lowest BCUT2D eigenvalue weighted by Gasteiger charge is -2.07. The van der Waals surface area contributed by atoms with Crippen LogP contribution in [0.4, 0.5) is 5.69 Å². The van der Waals surface area contributed by atoms with Gasteiger partial charge in [-0.2, -0.15) is 5.10 Å². The highest BCUT2D eigenvalue weighted by Crippen LogP contribution is 2.22. The van der Waals surface area contributed by atoms with E-state index in [1.165, 1.54) is 22.0 Å². The Hall–Kier alpha value is -3.91.